The summed E-state index contributed by atoms with van der Waals surface area (Å²) in [6.07, 6.45) is 2.31. The van der Waals surface area contributed by atoms with E-state index in [0.29, 0.717) is 35.6 Å². The van der Waals surface area contributed by atoms with E-state index in [2.05, 4.69) is 10.6 Å². The fraction of sp³-hybridized carbons (Fsp3) is 0.370. The van der Waals surface area contributed by atoms with Gasteiger partial charge in [-0.3, -0.25) is 9.59 Å². The highest BCUT2D eigenvalue weighted by Gasteiger charge is 2.44. The molecular formula is C27H29N3O5. The molecule has 3 N–H and O–H groups in total. The molecule has 1 amide bonds. The predicted molar refractivity (Wildman–Crippen MR) is 134 cm³/mol. The third-order valence-electron chi connectivity index (χ3n) is 7.39. The molecule has 1 unspecified atom stereocenters. The normalized spacial score (nSPS) is 18.0. The van der Waals surface area contributed by atoms with Gasteiger partial charge >= 0.3 is 5.97 Å². The first-order valence-corrected chi connectivity index (χ1v) is 12.0. The molecule has 2 aliphatic rings. The van der Waals surface area contributed by atoms with Crippen LogP contribution >= 0.6 is 0 Å². The number of nitrogens with one attached hydrogen (secondary N) is 2. The van der Waals surface area contributed by atoms with Crippen LogP contribution in [0.25, 0.3) is 11.0 Å². The summed E-state index contributed by atoms with van der Waals surface area (Å²) in [7, 11) is 0. The molecule has 2 aliphatic heterocycles. The van der Waals surface area contributed by atoms with Crippen LogP contribution in [0.3, 0.4) is 0 Å². The van der Waals surface area contributed by atoms with Gasteiger partial charge in [0.1, 0.15) is 5.58 Å². The molecule has 5 rings (SSSR count). The third kappa shape index (κ3) is 4.13. The van der Waals surface area contributed by atoms with Crippen molar-refractivity contribution in [3.63, 3.8) is 0 Å². The van der Waals surface area contributed by atoms with E-state index in [1.54, 1.807) is 24.3 Å². The van der Waals surface area contributed by atoms with Crippen LogP contribution in [0.5, 0.6) is 0 Å². The van der Waals surface area contributed by atoms with Crippen molar-refractivity contribution in [1.82, 2.24) is 5.32 Å². The number of benzene rings is 2. The highest BCUT2D eigenvalue weighted by Crippen LogP contribution is 2.39. The molecule has 2 aromatic carbocycles. The van der Waals surface area contributed by atoms with Crippen LogP contribution < -0.4 is 21.0 Å². The zero-order chi connectivity index (χ0) is 24.7. The van der Waals surface area contributed by atoms with Crippen molar-refractivity contribution in [3.8, 4) is 0 Å². The van der Waals surface area contributed by atoms with Crippen molar-refractivity contribution in [1.29, 1.82) is 0 Å². The van der Waals surface area contributed by atoms with Gasteiger partial charge in [0.2, 0.25) is 5.91 Å². The molecule has 0 saturated carbocycles. The van der Waals surface area contributed by atoms with Gasteiger partial charge in [0.25, 0.3) is 0 Å². The van der Waals surface area contributed by atoms with Crippen LogP contribution in [0.4, 0.5) is 11.6 Å². The lowest BCUT2D eigenvalue weighted by Gasteiger charge is -2.37. The number of carbonyl (C=O) groups excluding carboxylic acids is 1. The fourth-order valence-corrected chi connectivity index (χ4v) is 5.35. The summed E-state index contributed by atoms with van der Waals surface area (Å²) in [5.41, 5.74) is 2.44. The number of carboxylic acid groups (broad SMARTS) is 1. The monoisotopic (exact) mass is 475 g/mol. The molecule has 0 bridgehead atoms. The van der Waals surface area contributed by atoms with Crippen LogP contribution in [0.1, 0.15) is 53.7 Å². The summed E-state index contributed by atoms with van der Waals surface area (Å²) >= 11 is 0. The third-order valence-corrected chi connectivity index (χ3v) is 7.39. The summed E-state index contributed by atoms with van der Waals surface area (Å²) < 4.78 is 6.35. The van der Waals surface area contributed by atoms with E-state index in [1.165, 1.54) is 6.07 Å². The van der Waals surface area contributed by atoms with Crippen molar-refractivity contribution >= 4 is 34.4 Å². The van der Waals surface area contributed by atoms with Crippen molar-refractivity contribution < 1.29 is 19.1 Å². The first-order valence-electron chi connectivity index (χ1n) is 12.0. The maximum atomic E-state index is 13.1. The summed E-state index contributed by atoms with van der Waals surface area (Å²) in [6, 6.07) is 11.7. The summed E-state index contributed by atoms with van der Waals surface area (Å²) in [5, 5.41) is 16.3. The van der Waals surface area contributed by atoms with Gasteiger partial charge < -0.3 is 25.1 Å². The number of nitrogens with zero attached hydrogens (tertiary/aromatic N) is 1. The van der Waals surface area contributed by atoms with Crippen molar-refractivity contribution in [2.24, 2.45) is 5.41 Å². The Balaban J connectivity index is 1.49. The van der Waals surface area contributed by atoms with Gasteiger partial charge in [0.15, 0.2) is 11.3 Å². The smallest absolute Gasteiger partial charge is 0.337 e. The van der Waals surface area contributed by atoms with E-state index in [-0.39, 0.29) is 28.4 Å². The standard InChI is InChI=1S/C27H29N3O5/c1-16-13-19(17(2)29-21-6-4-3-5-18(21)25(32)33)24-20(14-16)22(31)15-23(35-24)30-11-8-27(9-12-30)7-10-28-26(27)34/h3-6,13-15,17,29H,7-12H2,1-2H3,(H,28,34)(H,32,33). The zero-order valence-electron chi connectivity index (χ0n) is 19.9. The molecule has 3 aromatic rings. The molecule has 182 valence electrons. The van der Waals surface area contributed by atoms with Gasteiger partial charge in [-0.25, -0.2) is 4.79 Å². The maximum absolute atomic E-state index is 13.1. The van der Waals surface area contributed by atoms with E-state index in [1.807, 2.05) is 30.9 Å². The lowest BCUT2D eigenvalue weighted by atomic mass is 9.77. The Kier molecular flexibility index (Phi) is 5.75. The number of aryl methyl sites for hydroxylation is 1. The number of carbonyl (C=O) groups is 2. The Morgan fingerprint density at radius 3 is 2.57 bits per heavy atom. The maximum Gasteiger partial charge on any atom is 0.337 e. The number of aromatic carboxylic acids is 1. The molecule has 1 atom stereocenters. The number of hydrogen-bond donors (Lipinski definition) is 3. The number of piperidine rings is 1. The number of anilines is 2. The summed E-state index contributed by atoms with van der Waals surface area (Å²) in [6.45, 7) is 5.85. The van der Waals surface area contributed by atoms with Gasteiger partial charge in [-0.1, -0.05) is 18.2 Å². The highest BCUT2D eigenvalue weighted by atomic mass is 16.4. The molecule has 0 aliphatic carbocycles. The molecule has 1 spiro atoms. The fourth-order valence-electron chi connectivity index (χ4n) is 5.35. The Bertz CT molecular complexity index is 1370. The van der Waals surface area contributed by atoms with E-state index in [0.717, 1.165) is 36.9 Å². The number of para-hydroxylation sites is 1. The average molecular weight is 476 g/mol. The highest BCUT2D eigenvalue weighted by molar-refractivity contribution is 5.94. The lowest BCUT2D eigenvalue weighted by molar-refractivity contribution is -0.128. The lowest BCUT2D eigenvalue weighted by Crippen LogP contribution is -2.44. The molecule has 8 nitrogen and oxygen atoms in total. The van der Waals surface area contributed by atoms with Gasteiger partial charge in [0, 0.05) is 37.0 Å². The average Bonchev–Trinajstić information content (AvgIpc) is 3.18. The van der Waals surface area contributed by atoms with Crippen LogP contribution in [0.2, 0.25) is 0 Å². The van der Waals surface area contributed by atoms with E-state index in [4.69, 9.17) is 4.42 Å². The second kappa shape index (κ2) is 8.76. The Morgan fingerprint density at radius 2 is 1.89 bits per heavy atom. The van der Waals surface area contributed by atoms with Crippen LogP contribution in [0.15, 0.2) is 51.7 Å². The molecule has 2 saturated heterocycles. The van der Waals surface area contributed by atoms with Crippen LogP contribution in [0, 0.1) is 12.3 Å². The largest absolute Gasteiger partial charge is 0.478 e. The topological polar surface area (TPSA) is 112 Å². The Labute approximate surface area is 202 Å². The minimum atomic E-state index is -1.01. The van der Waals surface area contributed by atoms with Gasteiger partial charge in [-0.15, -0.1) is 0 Å². The molecule has 2 fully saturated rings. The van der Waals surface area contributed by atoms with E-state index < -0.39 is 5.97 Å². The second-order valence-corrected chi connectivity index (χ2v) is 9.67. The molecule has 35 heavy (non-hydrogen) atoms. The van der Waals surface area contributed by atoms with E-state index in [9.17, 15) is 19.5 Å². The molecule has 3 heterocycles. The van der Waals surface area contributed by atoms with Crippen molar-refractivity contribution in [2.75, 3.05) is 29.9 Å². The molecule has 1 aromatic heterocycles. The number of fused-ring (bicyclic) bond motifs is 1. The first-order chi connectivity index (χ1) is 16.8. The Morgan fingerprint density at radius 1 is 1.14 bits per heavy atom. The quantitative estimate of drug-likeness (QED) is 0.510. The van der Waals surface area contributed by atoms with Gasteiger partial charge in [-0.05, 0) is 56.9 Å². The number of rotatable bonds is 5. The summed E-state index contributed by atoms with van der Waals surface area (Å²) in [5.74, 6) is -0.377. The second-order valence-electron chi connectivity index (χ2n) is 9.67. The van der Waals surface area contributed by atoms with Gasteiger partial charge in [-0.2, -0.15) is 0 Å². The summed E-state index contributed by atoms with van der Waals surface area (Å²) in [4.78, 5) is 39.2. The molecule has 8 heteroatoms. The van der Waals surface area contributed by atoms with E-state index >= 15 is 0 Å². The van der Waals surface area contributed by atoms with Crippen LogP contribution in [-0.4, -0.2) is 36.6 Å². The minimum absolute atomic E-state index is 0.122. The van der Waals surface area contributed by atoms with Crippen LogP contribution in [-0.2, 0) is 4.79 Å². The Hall–Kier alpha value is -3.81. The zero-order valence-corrected chi connectivity index (χ0v) is 19.9. The number of carboxylic acids is 1. The molecular weight excluding hydrogens is 446 g/mol. The van der Waals surface area contributed by atoms with Gasteiger partial charge in [0.05, 0.1) is 22.4 Å². The molecule has 0 radical (unpaired) electrons. The van der Waals surface area contributed by atoms with Crippen molar-refractivity contribution in [3.05, 3.63) is 69.4 Å². The predicted octanol–water partition coefficient (Wildman–Crippen LogP) is 4.08. The minimum Gasteiger partial charge on any atom is -0.478 e. The first kappa shape index (κ1) is 23.0. The number of hydrogen-bond acceptors (Lipinski definition) is 6. The van der Waals surface area contributed by atoms with Crippen molar-refractivity contribution in [2.45, 2.75) is 39.2 Å². The SMILES string of the molecule is Cc1cc(C(C)Nc2ccccc2C(=O)O)c2oc(N3CCC4(CCNC4=O)CC3)cc(=O)c2c1. The number of amides is 1.